The lowest BCUT2D eigenvalue weighted by Crippen LogP contribution is -2.59. The Morgan fingerprint density at radius 2 is 1.29 bits per heavy atom. The summed E-state index contributed by atoms with van der Waals surface area (Å²) >= 11 is 0. The number of carbonyl (C=O) groups excluding carboxylic acids is 4. The van der Waals surface area contributed by atoms with E-state index in [0.29, 0.717) is 31.4 Å². The van der Waals surface area contributed by atoms with Crippen molar-refractivity contribution in [2.75, 3.05) is 13.1 Å². The fourth-order valence-corrected chi connectivity index (χ4v) is 4.47. The standard InChI is InChI=1S/C30H49N9O9.C2H4O2/c1-16(2)24(28(46)38-22(29(47)48)14-17-8-10-18(40)11-9-17)39-27(45)21(15-23(41)42)37-26(44)20(7-3-4-12-31)36-25(43)19(32)6-5-13-35-30(33)34;1-2(3)4/h8-11,16,19-22,24,40H,3-7,12-15,31-32H2,1-2H3,(H,36,43)(H,37,44)(H,38,46)(H,39,45)(H,41,42)(H,47,48)(H4,33,34,35);1H3,(H,3,4)/t19-,20?,21-,22?,24-;/m0./s1. The first-order valence-electron chi connectivity index (χ1n) is 16.4. The van der Waals surface area contributed by atoms with Gasteiger partial charge in [-0.05, 0) is 62.3 Å². The highest BCUT2D eigenvalue weighted by molar-refractivity contribution is 5.96. The van der Waals surface area contributed by atoms with Crippen LogP contribution in [0.25, 0.3) is 0 Å². The Bertz CT molecular complexity index is 1370. The van der Waals surface area contributed by atoms with Crippen molar-refractivity contribution in [3.8, 4) is 5.75 Å². The van der Waals surface area contributed by atoms with Gasteiger partial charge < -0.3 is 64.6 Å². The van der Waals surface area contributed by atoms with Crippen LogP contribution in [0.15, 0.2) is 29.3 Å². The predicted octanol–water partition coefficient (Wildman–Crippen LogP) is -2.31. The summed E-state index contributed by atoms with van der Waals surface area (Å²) < 4.78 is 0. The van der Waals surface area contributed by atoms with Crippen molar-refractivity contribution in [2.24, 2.45) is 33.8 Å². The predicted molar refractivity (Wildman–Crippen MR) is 188 cm³/mol. The van der Waals surface area contributed by atoms with E-state index >= 15 is 0 Å². The Balaban J connectivity index is 0.00000615. The van der Waals surface area contributed by atoms with E-state index in [1.807, 2.05) is 0 Å². The van der Waals surface area contributed by atoms with E-state index in [0.717, 1.165) is 6.92 Å². The minimum Gasteiger partial charge on any atom is -0.508 e. The van der Waals surface area contributed by atoms with Crippen LogP contribution < -0.4 is 44.2 Å². The van der Waals surface area contributed by atoms with Crippen LogP contribution in [-0.4, -0.2) is 111 Å². The number of carboxylic acids is 3. The quantitative estimate of drug-likeness (QED) is 0.0338. The summed E-state index contributed by atoms with van der Waals surface area (Å²) in [6, 6.07) is -0.880. The zero-order valence-corrected chi connectivity index (χ0v) is 29.5. The molecular weight excluding hydrogens is 686 g/mol. The number of nitrogens with zero attached hydrogens (tertiary/aromatic N) is 1. The molecule has 0 fully saturated rings. The molecule has 20 heteroatoms. The summed E-state index contributed by atoms with van der Waals surface area (Å²) in [5, 5.41) is 45.8. The second-order valence-corrected chi connectivity index (χ2v) is 12.1. The SMILES string of the molecule is CC(=O)O.CC(C)[C@H](NC(=O)[C@H](CC(=O)O)NC(=O)C(CCCCN)NC(=O)[C@@H](N)CCCN=C(N)N)C(=O)NC(Cc1ccc(O)cc1)C(=O)O. The number of phenolic OH excluding ortho intramolecular Hbond substituents is 1. The molecule has 0 aliphatic rings. The molecule has 5 atom stereocenters. The third-order valence-electron chi connectivity index (χ3n) is 7.13. The number of aromatic hydroxyl groups is 1. The van der Waals surface area contributed by atoms with Crippen LogP contribution in [0.1, 0.15) is 64.9 Å². The fraction of sp³-hybridized carbons (Fsp3) is 0.562. The monoisotopic (exact) mass is 739 g/mol. The van der Waals surface area contributed by atoms with E-state index in [4.69, 9.17) is 32.8 Å². The number of benzene rings is 1. The minimum absolute atomic E-state index is 0.0240. The summed E-state index contributed by atoms with van der Waals surface area (Å²) in [6.45, 7) is 4.79. The third-order valence-corrected chi connectivity index (χ3v) is 7.13. The van der Waals surface area contributed by atoms with Gasteiger partial charge >= 0.3 is 11.9 Å². The van der Waals surface area contributed by atoms with E-state index in [1.165, 1.54) is 24.3 Å². The van der Waals surface area contributed by atoms with Gasteiger partial charge in [-0.25, -0.2) is 4.79 Å². The number of nitrogens with one attached hydrogen (secondary N) is 4. The maximum atomic E-state index is 13.3. The van der Waals surface area contributed by atoms with E-state index in [9.17, 15) is 44.1 Å². The molecule has 0 aromatic heterocycles. The Kier molecular flexibility index (Phi) is 22.0. The van der Waals surface area contributed by atoms with Crippen molar-refractivity contribution >= 4 is 47.5 Å². The van der Waals surface area contributed by atoms with Gasteiger partial charge in [0.1, 0.15) is 29.9 Å². The zero-order chi connectivity index (χ0) is 40.0. The Hall–Kier alpha value is -5.50. The number of nitrogens with two attached hydrogens (primary N) is 4. The second kappa shape index (κ2) is 24.6. The highest BCUT2D eigenvalue weighted by atomic mass is 16.4. The van der Waals surface area contributed by atoms with Crippen molar-refractivity contribution in [1.82, 2.24) is 21.3 Å². The van der Waals surface area contributed by atoms with Gasteiger partial charge in [0.25, 0.3) is 5.97 Å². The van der Waals surface area contributed by atoms with Crippen molar-refractivity contribution < 1.29 is 54.0 Å². The average molecular weight is 740 g/mol. The molecular formula is C32H53N9O11. The number of rotatable bonds is 22. The van der Waals surface area contributed by atoms with Crippen LogP contribution in [0.4, 0.5) is 0 Å². The second-order valence-electron chi connectivity index (χ2n) is 12.1. The van der Waals surface area contributed by atoms with Crippen LogP contribution in [0, 0.1) is 5.92 Å². The Morgan fingerprint density at radius 3 is 1.79 bits per heavy atom. The summed E-state index contributed by atoms with van der Waals surface area (Å²) in [7, 11) is 0. The summed E-state index contributed by atoms with van der Waals surface area (Å²) in [5.74, 6) is -7.74. The van der Waals surface area contributed by atoms with Crippen molar-refractivity contribution in [3.05, 3.63) is 29.8 Å². The number of phenols is 1. The van der Waals surface area contributed by atoms with E-state index in [-0.39, 0.29) is 37.5 Å². The number of hydrogen-bond acceptors (Lipinski definition) is 11. The number of guanidine groups is 1. The highest BCUT2D eigenvalue weighted by Crippen LogP contribution is 2.13. The summed E-state index contributed by atoms with van der Waals surface area (Å²) in [6.07, 6.45) is 0.608. The maximum absolute atomic E-state index is 13.3. The van der Waals surface area contributed by atoms with Gasteiger partial charge in [0.2, 0.25) is 23.6 Å². The van der Waals surface area contributed by atoms with Gasteiger partial charge in [0, 0.05) is 19.9 Å². The Labute approximate surface area is 301 Å². The zero-order valence-electron chi connectivity index (χ0n) is 29.5. The van der Waals surface area contributed by atoms with Gasteiger partial charge in [-0.3, -0.25) is 33.8 Å². The van der Waals surface area contributed by atoms with E-state index in [1.54, 1.807) is 13.8 Å². The molecule has 16 N–H and O–H groups in total. The molecule has 0 saturated heterocycles. The van der Waals surface area contributed by atoms with Crippen LogP contribution in [0.3, 0.4) is 0 Å². The molecule has 0 bridgehead atoms. The van der Waals surface area contributed by atoms with Gasteiger partial charge in [-0.2, -0.15) is 0 Å². The van der Waals surface area contributed by atoms with Crippen molar-refractivity contribution in [3.63, 3.8) is 0 Å². The topological polar surface area (TPSA) is 365 Å². The molecule has 1 aromatic rings. The normalized spacial score (nSPS) is 13.4. The van der Waals surface area contributed by atoms with Crippen LogP contribution in [-0.2, 0) is 40.0 Å². The minimum atomic E-state index is -1.67. The van der Waals surface area contributed by atoms with Crippen molar-refractivity contribution in [2.45, 2.75) is 95.9 Å². The molecule has 4 amide bonds. The maximum Gasteiger partial charge on any atom is 0.326 e. The molecule has 0 saturated carbocycles. The molecule has 0 heterocycles. The largest absolute Gasteiger partial charge is 0.508 e. The van der Waals surface area contributed by atoms with E-state index in [2.05, 4.69) is 26.3 Å². The van der Waals surface area contributed by atoms with Gasteiger partial charge in [0.05, 0.1) is 12.5 Å². The molecule has 292 valence electrons. The number of unbranched alkanes of at least 4 members (excludes halogenated alkanes) is 1. The third kappa shape index (κ3) is 20.2. The number of amides is 4. The summed E-state index contributed by atoms with van der Waals surface area (Å²) in [5.41, 5.74) is 22.6. The van der Waals surface area contributed by atoms with Gasteiger partial charge in [0.15, 0.2) is 5.96 Å². The molecule has 1 aromatic carbocycles. The first-order chi connectivity index (χ1) is 24.3. The molecule has 2 unspecified atom stereocenters. The van der Waals surface area contributed by atoms with E-state index < -0.39 is 84.1 Å². The first-order valence-corrected chi connectivity index (χ1v) is 16.4. The summed E-state index contributed by atoms with van der Waals surface area (Å²) in [4.78, 5) is 89.0. The average Bonchev–Trinajstić information content (AvgIpc) is 3.04. The Morgan fingerprint density at radius 1 is 0.750 bits per heavy atom. The lowest BCUT2D eigenvalue weighted by atomic mass is 10.0. The molecule has 20 nitrogen and oxygen atoms in total. The molecule has 0 aliphatic heterocycles. The molecule has 1 rings (SSSR count). The number of carbonyl (C=O) groups is 7. The molecule has 0 spiro atoms. The smallest absolute Gasteiger partial charge is 0.326 e. The van der Waals surface area contributed by atoms with Crippen LogP contribution in [0.2, 0.25) is 0 Å². The number of hydrogen-bond donors (Lipinski definition) is 12. The first kappa shape index (κ1) is 46.5. The highest BCUT2D eigenvalue weighted by Gasteiger charge is 2.34. The van der Waals surface area contributed by atoms with Gasteiger partial charge in [-0.15, -0.1) is 0 Å². The van der Waals surface area contributed by atoms with Gasteiger partial charge in [-0.1, -0.05) is 26.0 Å². The van der Waals surface area contributed by atoms with Crippen LogP contribution in [0.5, 0.6) is 5.75 Å². The lowest BCUT2D eigenvalue weighted by Gasteiger charge is -2.27. The number of aliphatic carboxylic acids is 3. The van der Waals surface area contributed by atoms with Crippen LogP contribution >= 0.6 is 0 Å². The number of carboxylic acid groups (broad SMARTS) is 3. The molecule has 0 aliphatic carbocycles. The molecule has 0 radical (unpaired) electrons. The fourth-order valence-electron chi connectivity index (χ4n) is 4.47. The molecule has 52 heavy (non-hydrogen) atoms. The lowest BCUT2D eigenvalue weighted by molar-refractivity contribution is -0.143. The van der Waals surface area contributed by atoms with Crippen molar-refractivity contribution in [1.29, 1.82) is 0 Å². The number of aliphatic imine (C=N–C) groups is 1.